The minimum atomic E-state index is 0.310. The Balaban J connectivity index is 0.000000278. The van der Waals surface area contributed by atoms with Gasteiger partial charge in [0, 0.05) is 45.9 Å². The molecule has 4 nitrogen and oxygen atoms in total. The summed E-state index contributed by atoms with van der Waals surface area (Å²) in [5.41, 5.74) is 2.87. The van der Waals surface area contributed by atoms with Gasteiger partial charge in [0.05, 0.1) is 0 Å². The molecular formula is C25H45N3O. The summed E-state index contributed by atoms with van der Waals surface area (Å²) >= 11 is 0. The zero-order valence-corrected chi connectivity index (χ0v) is 19.1. The molecule has 166 valence electrons. The number of aliphatic hydroxyl groups is 1. The molecule has 2 aliphatic rings. The van der Waals surface area contributed by atoms with Crippen LogP contribution in [0.3, 0.4) is 0 Å². The summed E-state index contributed by atoms with van der Waals surface area (Å²) in [7, 11) is 0. The van der Waals surface area contributed by atoms with Crippen molar-refractivity contribution in [3.63, 3.8) is 0 Å². The van der Waals surface area contributed by atoms with E-state index in [1.807, 2.05) is 0 Å². The molecule has 0 saturated carbocycles. The molecule has 0 spiro atoms. The standard InChI is InChI=1S/C17H28N2O.C8H17N/c1-2-4-16-5-7-17(8-6-16)15-19-12-10-18(11-13-19)9-3-14-20;1-2-3-6-9-7-4-5-8-9/h5-8,20H,2-4,9-15H2,1H3;2-8H2,1H3. The van der Waals surface area contributed by atoms with Gasteiger partial charge in [-0.3, -0.25) is 4.90 Å². The van der Waals surface area contributed by atoms with Crippen molar-refractivity contribution in [2.75, 3.05) is 59.0 Å². The molecule has 2 heterocycles. The van der Waals surface area contributed by atoms with Gasteiger partial charge in [-0.25, -0.2) is 0 Å². The van der Waals surface area contributed by atoms with E-state index in [1.165, 1.54) is 69.3 Å². The molecule has 2 fully saturated rings. The molecule has 3 rings (SSSR count). The van der Waals surface area contributed by atoms with E-state index in [1.54, 1.807) is 0 Å². The lowest BCUT2D eigenvalue weighted by Gasteiger charge is -2.34. The van der Waals surface area contributed by atoms with Crippen LogP contribution in [-0.4, -0.2) is 78.8 Å². The monoisotopic (exact) mass is 403 g/mol. The molecule has 1 N–H and O–H groups in total. The van der Waals surface area contributed by atoms with E-state index >= 15 is 0 Å². The van der Waals surface area contributed by atoms with Gasteiger partial charge in [0.25, 0.3) is 0 Å². The van der Waals surface area contributed by atoms with Crippen molar-refractivity contribution in [3.05, 3.63) is 35.4 Å². The van der Waals surface area contributed by atoms with E-state index in [0.29, 0.717) is 6.61 Å². The highest BCUT2D eigenvalue weighted by molar-refractivity contribution is 5.22. The molecule has 1 aromatic carbocycles. The SMILES string of the molecule is CCCCN1CCCC1.CCCc1ccc(CN2CCN(CCCO)CC2)cc1. The Bertz CT molecular complexity index is 505. The lowest BCUT2D eigenvalue weighted by molar-refractivity contribution is 0.120. The average Bonchev–Trinajstić information content (AvgIpc) is 3.27. The van der Waals surface area contributed by atoms with E-state index in [4.69, 9.17) is 5.11 Å². The van der Waals surface area contributed by atoms with Crippen LogP contribution in [0.5, 0.6) is 0 Å². The summed E-state index contributed by atoms with van der Waals surface area (Å²) in [6, 6.07) is 9.11. The lowest BCUT2D eigenvalue weighted by Crippen LogP contribution is -2.46. The summed E-state index contributed by atoms with van der Waals surface area (Å²) < 4.78 is 0. The van der Waals surface area contributed by atoms with Crippen LogP contribution in [0, 0.1) is 0 Å². The lowest BCUT2D eigenvalue weighted by atomic mass is 10.1. The summed E-state index contributed by atoms with van der Waals surface area (Å²) in [6.45, 7) is 15.5. The highest BCUT2D eigenvalue weighted by Gasteiger charge is 2.16. The van der Waals surface area contributed by atoms with Crippen LogP contribution in [0.4, 0.5) is 0 Å². The molecule has 29 heavy (non-hydrogen) atoms. The zero-order valence-electron chi connectivity index (χ0n) is 19.1. The van der Waals surface area contributed by atoms with Gasteiger partial charge in [-0.15, -0.1) is 0 Å². The van der Waals surface area contributed by atoms with Crippen LogP contribution in [0.2, 0.25) is 0 Å². The highest BCUT2D eigenvalue weighted by Crippen LogP contribution is 2.11. The number of hydrogen-bond acceptors (Lipinski definition) is 4. The number of aliphatic hydroxyl groups excluding tert-OH is 1. The van der Waals surface area contributed by atoms with Crippen LogP contribution >= 0.6 is 0 Å². The molecule has 0 bridgehead atoms. The van der Waals surface area contributed by atoms with Gasteiger partial charge in [-0.05, 0) is 62.9 Å². The second-order valence-electron chi connectivity index (χ2n) is 8.66. The van der Waals surface area contributed by atoms with E-state index in [-0.39, 0.29) is 0 Å². The fraction of sp³-hybridized carbons (Fsp3) is 0.760. The third-order valence-electron chi connectivity index (χ3n) is 6.09. The van der Waals surface area contributed by atoms with E-state index in [0.717, 1.165) is 45.7 Å². The van der Waals surface area contributed by atoms with Crippen LogP contribution in [0.1, 0.15) is 63.5 Å². The van der Waals surface area contributed by atoms with Crippen molar-refractivity contribution in [3.8, 4) is 0 Å². The predicted octanol–water partition coefficient (Wildman–Crippen LogP) is 4.02. The van der Waals surface area contributed by atoms with Crippen LogP contribution in [0.25, 0.3) is 0 Å². The molecule has 0 aliphatic carbocycles. The molecule has 2 aliphatic heterocycles. The first-order valence-electron chi connectivity index (χ1n) is 12.1. The maximum atomic E-state index is 8.87. The van der Waals surface area contributed by atoms with Crippen molar-refractivity contribution in [1.82, 2.24) is 14.7 Å². The van der Waals surface area contributed by atoms with Gasteiger partial charge >= 0.3 is 0 Å². The third kappa shape index (κ3) is 10.1. The molecule has 2 saturated heterocycles. The fourth-order valence-electron chi connectivity index (χ4n) is 4.21. The number of nitrogens with zero attached hydrogens (tertiary/aromatic N) is 3. The maximum absolute atomic E-state index is 8.87. The van der Waals surface area contributed by atoms with Crippen LogP contribution < -0.4 is 0 Å². The molecule has 0 amide bonds. The Morgan fingerprint density at radius 3 is 1.83 bits per heavy atom. The van der Waals surface area contributed by atoms with Gasteiger partial charge in [0.15, 0.2) is 0 Å². The van der Waals surface area contributed by atoms with Gasteiger partial charge in [0.1, 0.15) is 0 Å². The number of unbranched alkanes of at least 4 members (excludes halogenated alkanes) is 1. The second kappa shape index (κ2) is 15.0. The predicted molar refractivity (Wildman–Crippen MR) is 124 cm³/mol. The Morgan fingerprint density at radius 2 is 1.24 bits per heavy atom. The summed E-state index contributed by atoms with van der Waals surface area (Å²) in [5, 5.41) is 8.87. The smallest absolute Gasteiger partial charge is 0.0443 e. The first kappa shape index (κ1) is 24.3. The van der Waals surface area contributed by atoms with Crippen LogP contribution in [0.15, 0.2) is 24.3 Å². The molecule has 4 heteroatoms. The first-order chi connectivity index (χ1) is 14.2. The summed E-state index contributed by atoms with van der Waals surface area (Å²) in [5.74, 6) is 0. The third-order valence-corrected chi connectivity index (χ3v) is 6.09. The average molecular weight is 404 g/mol. The van der Waals surface area contributed by atoms with Gasteiger partial charge in [-0.2, -0.15) is 0 Å². The van der Waals surface area contributed by atoms with E-state index in [9.17, 15) is 0 Å². The number of aryl methyl sites for hydroxylation is 1. The van der Waals surface area contributed by atoms with Crippen LogP contribution in [-0.2, 0) is 13.0 Å². The van der Waals surface area contributed by atoms with Gasteiger partial charge in [0.2, 0.25) is 0 Å². The summed E-state index contributed by atoms with van der Waals surface area (Å²) in [4.78, 5) is 7.56. The largest absolute Gasteiger partial charge is 0.396 e. The Hall–Kier alpha value is -0.940. The minimum Gasteiger partial charge on any atom is -0.396 e. The molecule has 0 atom stereocenters. The maximum Gasteiger partial charge on any atom is 0.0443 e. The Morgan fingerprint density at radius 1 is 0.690 bits per heavy atom. The number of benzene rings is 1. The summed E-state index contributed by atoms with van der Waals surface area (Å²) in [6.07, 6.45) is 8.90. The van der Waals surface area contributed by atoms with Crippen molar-refractivity contribution < 1.29 is 5.11 Å². The molecule has 0 radical (unpaired) electrons. The molecular weight excluding hydrogens is 358 g/mol. The highest BCUT2D eigenvalue weighted by atomic mass is 16.3. The first-order valence-corrected chi connectivity index (χ1v) is 12.1. The van der Waals surface area contributed by atoms with Crippen molar-refractivity contribution >= 4 is 0 Å². The van der Waals surface area contributed by atoms with E-state index in [2.05, 4.69) is 52.8 Å². The molecule has 0 aromatic heterocycles. The topological polar surface area (TPSA) is 30.0 Å². The molecule has 1 aromatic rings. The minimum absolute atomic E-state index is 0.310. The van der Waals surface area contributed by atoms with Gasteiger partial charge < -0.3 is 14.9 Å². The fourth-order valence-corrected chi connectivity index (χ4v) is 4.21. The quantitative estimate of drug-likeness (QED) is 0.639. The number of rotatable bonds is 10. The van der Waals surface area contributed by atoms with E-state index < -0.39 is 0 Å². The van der Waals surface area contributed by atoms with Gasteiger partial charge in [-0.1, -0.05) is 51.0 Å². The number of hydrogen-bond donors (Lipinski definition) is 1. The second-order valence-corrected chi connectivity index (χ2v) is 8.66. The number of piperazine rings is 1. The Labute approximate surface area is 179 Å². The van der Waals surface area contributed by atoms with Crippen molar-refractivity contribution in [2.24, 2.45) is 0 Å². The van der Waals surface area contributed by atoms with Crippen molar-refractivity contribution in [1.29, 1.82) is 0 Å². The molecule has 0 unspecified atom stereocenters. The van der Waals surface area contributed by atoms with Crippen molar-refractivity contribution in [2.45, 2.75) is 65.3 Å². The normalized spacial score (nSPS) is 18.6. The zero-order chi connectivity index (χ0) is 20.7. The number of likely N-dealkylation sites (tertiary alicyclic amines) is 1. The Kier molecular flexibility index (Phi) is 12.5.